The Balaban J connectivity index is 1.28. The van der Waals surface area contributed by atoms with Gasteiger partial charge in [0, 0.05) is 22.9 Å². The number of fused-ring (bicyclic) bond motifs is 10. The van der Waals surface area contributed by atoms with Gasteiger partial charge in [0.1, 0.15) is 19.6 Å². The van der Waals surface area contributed by atoms with E-state index in [4.69, 9.17) is 16.5 Å². The zero-order valence-electron chi connectivity index (χ0n) is 29.7. The summed E-state index contributed by atoms with van der Waals surface area (Å²) in [7, 11) is -2.17. The molecule has 0 amide bonds. The SMILES string of the molecule is Cc1ccc2c(c1)C1(c3ccccc3Oc3ccccc31)c1cc(C)ccc1N2c1ccc2c(c1)[Si](C)(C)c1ccccc1P2(=S)c1ccccc1. The predicted octanol–water partition coefficient (Wildman–Crippen LogP) is 9.47. The number of nitrogens with zero attached hydrogens (tertiary/aromatic N) is 1. The van der Waals surface area contributed by atoms with E-state index in [2.05, 4.69) is 190 Å². The van der Waals surface area contributed by atoms with E-state index in [9.17, 15) is 0 Å². The van der Waals surface area contributed by atoms with Gasteiger partial charge in [-0.15, -0.1) is 0 Å². The van der Waals surface area contributed by atoms with Crippen molar-refractivity contribution in [3.63, 3.8) is 0 Å². The Morgan fingerprint density at radius 1 is 0.538 bits per heavy atom. The van der Waals surface area contributed by atoms with E-state index in [0.717, 1.165) is 11.5 Å². The highest BCUT2D eigenvalue weighted by atomic mass is 32.4. The second kappa shape index (κ2) is 11.3. The Hall–Kier alpha value is -4.99. The highest BCUT2D eigenvalue weighted by Gasteiger charge is 2.52. The van der Waals surface area contributed by atoms with Crippen molar-refractivity contribution >= 4 is 69.3 Å². The van der Waals surface area contributed by atoms with Gasteiger partial charge >= 0.3 is 0 Å². The third-order valence-electron chi connectivity index (χ3n) is 11.7. The number of anilines is 3. The molecule has 1 spiro atoms. The van der Waals surface area contributed by atoms with Crippen molar-refractivity contribution < 1.29 is 4.74 Å². The van der Waals surface area contributed by atoms with Gasteiger partial charge in [0.05, 0.1) is 16.8 Å². The zero-order chi connectivity index (χ0) is 35.4. The Bertz CT molecular complexity index is 2560. The van der Waals surface area contributed by atoms with Crippen molar-refractivity contribution in [3.05, 3.63) is 191 Å². The van der Waals surface area contributed by atoms with E-state index in [0.29, 0.717) is 0 Å². The molecule has 0 aliphatic carbocycles. The molecular formula is C47H38NOPSSi. The summed E-state index contributed by atoms with van der Waals surface area (Å²) in [6.07, 6.45) is 0. The molecule has 2 nitrogen and oxygen atoms in total. The van der Waals surface area contributed by atoms with Crippen LogP contribution in [0, 0.1) is 13.8 Å². The molecule has 10 rings (SSSR count). The molecule has 52 heavy (non-hydrogen) atoms. The van der Waals surface area contributed by atoms with E-state index in [-0.39, 0.29) is 0 Å². The van der Waals surface area contributed by atoms with Crippen LogP contribution in [0.15, 0.2) is 158 Å². The van der Waals surface area contributed by atoms with Crippen molar-refractivity contribution in [2.75, 3.05) is 4.90 Å². The lowest BCUT2D eigenvalue weighted by atomic mass is 9.61. The third kappa shape index (κ3) is 4.15. The summed E-state index contributed by atoms with van der Waals surface area (Å²) < 4.78 is 6.66. The first-order valence-corrected chi connectivity index (χ1v) is 23.8. The van der Waals surface area contributed by atoms with Crippen LogP contribution in [0.5, 0.6) is 11.5 Å². The van der Waals surface area contributed by atoms with Crippen LogP contribution < -0.4 is 35.9 Å². The molecule has 1 unspecified atom stereocenters. The van der Waals surface area contributed by atoms with E-state index in [1.807, 2.05) is 0 Å². The molecule has 0 radical (unpaired) electrons. The molecule has 7 aromatic rings. The molecular weight excluding hydrogens is 686 g/mol. The lowest BCUT2D eigenvalue weighted by molar-refractivity contribution is 0.434. The van der Waals surface area contributed by atoms with Gasteiger partial charge in [-0.05, 0) is 87.7 Å². The van der Waals surface area contributed by atoms with Crippen LogP contribution in [0.1, 0.15) is 33.4 Å². The lowest BCUT2D eigenvalue weighted by Gasteiger charge is -2.49. The Kier molecular flexibility index (Phi) is 6.86. The van der Waals surface area contributed by atoms with Crippen LogP contribution in [-0.2, 0) is 17.2 Å². The number of hydrogen-bond donors (Lipinski definition) is 0. The second-order valence-corrected chi connectivity index (χ2v) is 23.7. The molecule has 5 heteroatoms. The number of ether oxygens (including phenoxy) is 1. The van der Waals surface area contributed by atoms with Gasteiger partial charge in [-0.3, -0.25) is 0 Å². The molecule has 7 aromatic carbocycles. The van der Waals surface area contributed by atoms with Gasteiger partial charge in [-0.2, -0.15) is 0 Å². The molecule has 0 aromatic heterocycles. The molecule has 1 atom stereocenters. The summed E-state index contributed by atoms with van der Waals surface area (Å²) >= 11 is 6.95. The van der Waals surface area contributed by atoms with Crippen molar-refractivity contribution in [1.82, 2.24) is 0 Å². The summed E-state index contributed by atoms with van der Waals surface area (Å²) in [4.78, 5) is 2.52. The fourth-order valence-electron chi connectivity index (χ4n) is 9.32. The fourth-order valence-corrected chi connectivity index (χ4v) is 19.4. The molecule has 3 aliphatic rings. The summed E-state index contributed by atoms with van der Waals surface area (Å²) in [5, 5.41) is 6.88. The topological polar surface area (TPSA) is 12.5 Å². The van der Waals surface area contributed by atoms with E-state index in [1.54, 1.807) is 0 Å². The number of hydrogen-bond acceptors (Lipinski definition) is 3. The lowest BCUT2D eigenvalue weighted by Crippen LogP contribution is -2.67. The number of aryl methyl sites for hydroxylation is 2. The number of para-hydroxylation sites is 2. The first-order chi connectivity index (χ1) is 25.2. The molecule has 3 heterocycles. The molecule has 0 saturated heterocycles. The zero-order valence-corrected chi connectivity index (χ0v) is 32.4. The van der Waals surface area contributed by atoms with Crippen LogP contribution in [0.4, 0.5) is 17.1 Å². The minimum atomic E-state index is -2.30. The van der Waals surface area contributed by atoms with Gasteiger partial charge in [0.15, 0.2) is 0 Å². The Labute approximate surface area is 312 Å². The second-order valence-electron chi connectivity index (χ2n) is 15.0. The highest BCUT2D eigenvalue weighted by molar-refractivity contribution is 8.26. The van der Waals surface area contributed by atoms with E-state index in [1.165, 1.54) is 76.7 Å². The van der Waals surface area contributed by atoms with Gasteiger partial charge in [0.2, 0.25) is 0 Å². The molecule has 0 bridgehead atoms. The van der Waals surface area contributed by atoms with Crippen LogP contribution in [-0.4, -0.2) is 8.07 Å². The Morgan fingerprint density at radius 3 is 1.71 bits per heavy atom. The number of benzene rings is 7. The first-order valence-electron chi connectivity index (χ1n) is 18.0. The Morgan fingerprint density at radius 2 is 1.08 bits per heavy atom. The fraction of sp³-hybridized carbons (Fsp3) is 0.106. The van der Waals surface area contributed by atoms with Crippen molar-refractivity contribution in [2.24, 2.45) is 0 Å². The minimum Gasteiger partial charge on any atom is -0.457 e. The average Bonchev–Trinajstić information content (AvgIpc) is 3.17. The van der Waals surface area contributed by atoms with Crippen LogP contribution in [0.2, 0.25) is 13.1 Å². The summed E-state index contributed by atoms with van der Waals surface area (Å²) in [6.45, 7) is 9.44. The van der Waals surface area contributed by atoms with Crippen molar-refractivity contribution in [1.29, 1.82) is 0 Å². The molecule has 0 N–H and O–H groups in total. The maximum Gasteiger partial charge on any atom is 0.132 e. The van der Waals surface area contributed by atoms with Crippen molar-refractivity contribution in [2.45, 2.75) is 32.4 Å². The minimum absolute atomic E-state index is 0.569. The maximum absolute atomic E-state index is 6.95. The standard InChI is InChI=1S/C47H38NOPSSi/c1-31-22-25-39-37(28-31)47(35-16-8-10-18-41(35)49-42-19-11-9-17-36(42)47)38-29-32(2)23-26-40(38)48(39)33-24-27-44-46(30-33)52(3,4)45-21-13-12-20-43(45)50(44,51)34-14-6-5-7-15-34/h5-30H,1-4H3. The van der Waals surface area contributed by atoms with Gasteiger partial charge in [-0.1, -0.05) is 157 Å². The van der Waals surface area contributed by atoms with Gasteiger partial charge in [0.25, 0.3) is 0 Å². The molecule has 252 valence electrons. The average molecular weight is 724 g/mol. The smallest absolute Gasteiger partial charge is 0.132 e. The molecule has 3 aliphatic heterocycles. The third-order valence-corrected chi connectivity index (χ3v) is 20.6. The van der Waals surface area contributed by atoms with Gasteiger partial charge < -0.3 is 9.64 Å². The van der Waals surface area contributed by atoms with Gasteiger partial charge in [-0.25, -0.2) is 0 Å². The van der Waals surface area contributed by atoms with E-state index < -0.39 is 19.5 Å². The van der Waals surface area contributed by atoms with Crippen LogP contribution in [0.25, 0.3) is 0 Å². The highest BCUT2D eigenvalue weighted by Crippen LogP contribution is 2.63. The summed E-state index contributed by atoms with van der Waals surface area (Å²) in [5.41, 5.74) is 10.3. The summed E-state index contributed by atoms with van der Waals surface area (Å²) in [5.74, 6) is 1.81. The monoisotopic (exact) mass is 723 g/mol. The first kappa shape index (κ1) is 31.7. The maximum atomic E-state index is 6.95. The quantitative estimate of drug-likeness (QED) is 0.130. The largest absolute Gasteiger partial charge is 0.457 e. The number of rotatable bonds is 2. The van der Waals surface area contributed by atoms with Crippen LogP contribution >= 0.6 is 6.04 Å². The summed E-state index contributed by atoms with van der Waals surface area (Å²) in [6, 6.07) is 56.2. The van der Waals surface area contributed by atoms with Crippen LogP contribution in [0.3, 0.4) is 0 Å². The predicted molar refractivity (Wildman–Crippen MR) is 225 cm³/mol. The molecule has 0 saturated carbocycles. The van der Waals surface area contributed by atoms with Crippen molar-refractivity contribution in [3.8, 4) is 11.5 Å². The van der Waals surface area contributed by atoms with E-state index >= 15 is 0 Å². The molecule has 0 fully saturated rings. The normalized spacial score (nSPS) is 18.2.